The SMILES string of the molecule is CCOP(=O)(CC)N(SC(NC(=O)O)c1cccc2c1OC(C)(C)C2)c1ccccc1. The van der Waals surface area contributed by atoms with E-state index in [4.69, 9.17) is 9.26 Å². The number of para-hydroxylation sites is 2. The van der Waals surface area contributed by atoms with Crippen molar-refractivity contribution < 1.29 is 23.7 Å². The summed E-state index contributed by atoms with van der Waals surface area (Å²) in [5.41, 5.74) is 2.02. The van der Waals surface area contributed by atoms with Gasteiger partial charge in [-0.25, -0.2) is 8.87 Å². The number of nitrogens with one attached hydrogen (secondary N) is 1. The van der Waals surface area contributed by atoms with Gasteiger partial charge in [-0.1, -0.05) is 43.3 Å². The molecule has 168 valence electrons. The van der Waals surface area contributed by atoms with Crippen LogP contribution in [0.25, 0.3) is 0 Å². The van der Waals surface area contributed by atoms with Crippen molar-refractivity contribution in [3.8, 4) is 5.75 Å². The average molecular weight is 465 g/mol. The molecule has 9 heteroatoms. The number of anilines is 1. The molecule has 1 aliphatic heterocycles. The monoisotopic (exact) mass is 464 g/mol. The first-order valence-electron chi connectivity index (χ1n) is 10.3. The van der Waals surface area contributed by atoms with Gasteiger partial charge in [-0.2, -0.15) is 0 Å². The van der Waals surface area contributed by atoms with Crippen LogP contribution < -0.4 is 14.1 Å². The lowest BCUT2D eigenvalue weighted by Gasteiger charge is -2.34. The van der Waals surface area contributed by atoms with E-state index in [1.165, 1.54) is 0 Å². The molecule has 31 heavy (non-hydrogen) atoms. The molecule has 1 amide bonds. The number of carbonyl (C=O) groups is 1. The Morgan fingerprint density at radius 1 is 1.26 bits per heavy atom. The maximum absolute atomic E-state index is 13.7. The van der Waals surface area contributed by atoms with Crippen LogP contribution in [0.1, 0.15) is 44.2 Å². The smallest absolute Gasteiger partial charge is 0.405 e. The van der Waals surface area contributed by atoms with Crippen molar-refractivity contribution in [1.82, 2.24) is 5.32 Å². The normalized spacial score (nSPS) is 17.2. The Balaban J connectivity index is 2.06. The van der Waals surface area contributed by atoms with Gasteiger partial charge >= 0.3 is 13.6 Å². The van der Waals surface area contributed by atoms with E-state index >= 15 is 0 Å². The second kappa shape index (κ2) is 9.55. The summed E-state index contributed by atoms with van der Waals surface area (Å²) in [6.45, 7) is 7.88. The van der Waals surface area contributed by atoms with E-state index in [1.807, 2.05) is 62.4 Å². The molecule has 2 atom stereocenters. The third kappa shape index (κ3) is 5.37. The van der Waals surface area contributed by atoms with Gasteiger partial charge in [-0.05, 0) is 50.4 Å². The van der Waals surface area contributed by atoms with Gasteiger partial charge in [-0.15, -0.1) is 0 Å². The number of rotatable bonds is 9. The Morgan fingerprint density at radius 2 is 1.97 bits per heavy atom. The van der Waals surface area contributed by atoms with Crippen molar-refractivity contribution >= 4 is 31.2 Å². The number of hydrogen-bond donors (Lipinski definition) is 2. The predicted octanol–water partition coefficient (Wildman–Crippen LogP) is 6.07. The molecule has 2 aromatic carbocycles. The van der Waals surface area contributed by atoms with Crippen molar-refractivity contribution in [2.75, 3.05) is 16.8 Å². The third-order valence-corrected chi connectivity index (χ3v) is 9.12. The van der Waals surface area contributed by atoms with E-state index in [-0.39, 0.29) is 18.4 Å². The van der Waals surface area contributed by atoms with Crippen LogP contribution in [0.3, 0.4) is 0 Å². The molecule has 2 N–H and O–H groups in total. The zero-order valence-corrected chi connectivity index (χ0v) is 19.9. The Kier molecular flexibility index (Phi) is 7.24. The molecule has 0 bridgehead atoms. The van der Waals surface area contributed by atoms with E-state index in [0.717, 1.165) is 23.9 Å². The Bertz CT molecular complexity index is 970. The maximum Gasteiger partial charge on any atom is 0.405 e. The highest BCUT2D eigenvalue weighted by atomic mass is 32.2. The summed E-state index contributed by atoms with van der Waals surface area (Å²) in [4.78, 5) is 11.7. The van der Waals surface area contributed by atoms with E-state index in [2.05, 4.69) is 5.32 Å². The molecule has 1 aliphatic rings. The van der Waals surface area contributed by atoms with Crippen molar-refractivity contribution in [2.45, 2.75) is 45.1 Å². The Hall–Kier alpha value is -2.15. The lowest BCUT2D eigenvalue weighted by atomic mass is 10.0. The quantitative estimate of drug-likeness (QED) is 0.264. The fourth-order valence-corrected chi connectivity index (χ4v) is 7.23. The molecule has 1 heterocycles. The lowest BCUT2D eigenvalue weighted by Crippen LogP contribution is -2.29. The van der Waals surface area contributed by atoms with Crippen molar-refractivity contribution in [1.29, 1.82) is 0 Å². The van der Waals surface area contributed by atoms with Crippen molar-refractivity contribution in [3.63, 3.8) is 0 Å². The van der Waals surface area contributed by atoms with E-state index in [0.29, 0.717) is 17.0 Å². The van der Waals surface area contributed by atoms with Crippen LogP contribution in [-0.2, 0) is 15.5 Å². The largest absolute Gasteiger partial charge is 0.487 e. The fourth-order valence-electron chi connectivity index (χ4n) is 3.56. The number of benzene rings is 2. The lowest BCUT2D eigenvalue weighted by molar-refractivity contribution is 0.137. The van der Waals surface area contributed by atoms with E-state index < -0.39 is 19.0 Å². The summed E-state index contributed by atoms with van der Waals surface area (Å²) in [6.07, 6.45) is -0.169. The summed E-state index contributed by atoms with van der Waals surface area (Å²) in [6, 6.07) is 15.0. The maximum atomic E-state index is 13.7. The Labute approximate surface area is 187 Å². The summed E-state index contributed by atoms with van der Waals surface area (Å²) >= 11 is 1.14. The zero-order chi connectivity index (χ0) is 22.6. The molecule has 2 aromatic rings. The molecule has 0 radical (unpaired) electrons. The van der Waals surface area contributed by atoms with Gasteiger partial charge in [0, 0.05) is 18.1 Å². The first-order valence-corrected chi connectivity index (χ1v) is 12.9. The van der Waals surface area contributed by atoms with Crippen molar-refractivity contribution in [2.24, 2.45) is 0 Å². The van der Waals surface area contributed by atoms with Crippen LogP contribution in [0.5, 0.6) is 5.75 Å². The van der Waals surface area contributed by atoms with Gasteiger partial charge in [0.05, 0.1) is 12.3 Å². The summed E-state index contributed by atoms with van der Waals surface area (Å²) in [5, 5.41) is 11.4. The molecular formula is C22H29N2O5PS. The number of carboxylic acid groups (broad SMARTS) is 1. The first kappa shape index (κ1) is 23.5. The average Bonchev–Trinajstić information content (AvgIpc) is 3.05. The molecule has 7 nitrogen and oxygen atoms in total. The number of ether oxygens (including phenoxy) is 1. The van der Waals surface area contributed by atoms with Crippen LogP contribution in [0.4, 0.5) is 10.5 Å². The van der Waals surface area contributed by atoms with Crippen LogP contribution in [0.2, 0.25) is 0 Å². The number of nitrogens with zero attached hydrogens (tertiary/aromatic N) is 1. The number of amides is 1. The van der Waals surface area contributed by atoms with Crippen LogP contribution in [0, 0.1) is 0 Å². The van der Waals surface area contributed by atoms with Gasteiger partial charge in [0.1, 0.15) is 16.7 Å². The topological polar surface area (TPSA) is 88.1 Å². The minimum Gasteiger partial charge on any atom is -0.487 e. The molecule has 0 saturated carbocycles. The number of fused-ring (bicyclic) bond motifs is 1. The minimum atomic E-state index is -3.27. The van der Waals surface area contributed by atoms with Gasteiger partial charge in [0.2, 0.25) is 0 Å². The fraction of sp³-hybridized carbons (Fsp3) is 0.409. The zero-order valence-electron chi connectivity index (χ0n) is 18.2. The van der Waals surface area contributed by atoms with E-state index in [9.17, 15) is 14.5 Å². The molecule has 0 fully saturated rings. The molecule has 0 aliphatic carbocycles. The minimum absolute atomic E-state index is 0.277. The van der Waals surface area contributed by atoms with Crippen LogP contribution in [-0.4, -0.2) is 29.6 Å². The summed E-state index contributed by atoms with van der Waals surface area (Å²) < 4.78 is 27.3. The third-order valence-electron chi connectivity index (χ3n) is 4.85. The molecule has 0 aromatic heterocycles. The van der Waals surface area contributed by atoms with Gasteiger partial charge in [0.25, 0.3) is 0 Å². The Morgan fingerprint density at radius 3 is 2.58 bits per heavy atom. The second-order valence-electron chi connectivity index (χ2n) is 7.79. The summed E-state index contributed by atoms with van der Waals surface area (Å²) in [7, 11) is -3.27. The first-order chi connectivity index (χ1) is 14.7. The van der Waals surface area contributed by atoms with Gasteiger partial charge in [-0.3, -0.25) is 4.57 Å². The molecule has 2 unspecified atom stereocenters. The van der Waals surface area contributed by atoms with Crippen molar-refractivity contribution in [3.05, 3.63) is 59.7 Å². The predicted molar refractivity (Wildman–Crippen MR) is 125 cm³/mol. The van der Waals surface area contributed by atoms with Crippen LogP contribution in [0.15, 0.2) is 48.5 Å². The molecule has 0 saturated heterocycles. The molecule has 3 rings (SSSR count). The van der Waals surface area contributed by atoms with Gasteiger partial charge in [0.15, 0.2) is 0 Å². The standard InChI is InChI=1S/C22H29N2O5PS/c1-5-28-30(27,6-2)24(17-12-8-7-9-13-17)31-20(23-21(25)26)18-14-10-11-16-15-22(3,4)29-19(16)18/h7-14,20,23H,5-6,15H2,1-4H3,(H,25,26). The highest BCUT2D eigenvalue weighted by Crippen LogP contribution is 2.59. The highest BCUT2D eigenvalue weighted by molar-refractivity contribution is 8.07. The molecule has 0 spiro atoms. The van der Waals surface area contributed by atoms with E-state index in [1.54, 1.807) is 17.9 Å². The summed E-state index contributed by atoms with van der Waals surface area (Å²) in [5.74, 6) is 0.675. The molecular weight excluding hydrogens is 435 g/mol. The number of hydrogen-bond acceptors (Lipinski definition) is 5. The van der Waals surface area contributed by atoms with Crippen LogP contribution >= 0.6 is 19.5 Å². The second-order valence-corrected chi connectivity index (χ2v) is 11.7. The van der Waals surface area contributed by atoms with Gasteiger partial charge < -0.3 is 19.7 Å². The highest BCUT2D eigenvalue weighted by Gasteiger charge is 2.38.